The van der Waals surface area contributed by atoms with Crippen LogP contribution in [0.15, 0.2) is 47.1 Å². The molecule has 24 heavy (non-hydrogen) atoms. The third-order valence-corrected chi connectivity index (χ3v) is 3.73. The van der Waals surface area contributed by atoms with Gasteiger partial charge >= 0.3 is 0 Å². The van der Waals surface area contributed by atoms with Gasteiger partial charge in [0.25, 0.3) is 5.91 Å². The molecule has 0 saturated carbocycles. The summed E-state index contributed by atoms with van der Waals surface area (Å²) >= 11 is 0. The number of nitrogens with zero attached hydrogens (tertiary/aromatic N) is 3. The third kappa shape index (κ3) is 3.15. The molecule has 0 saturated heterocycles. The monoisotopic (exact) mass is 325 g/mol. The molecule has 0 aliphatic heterocycles. The molecule has 2 heterocycles. The lowest BCUT2D eigenvalue weighted by molar-refractivity contribution is 0.0944. The number of rotatable bonds is 5. The van der Waals surface area contributed by atoms with Crippen LogP contribution in [0, 0.1) is 0 Å². The van der Waals surface area contributed by atoms with Crippen molar-refractivity contribution in [2.45, 2.75) is 26.3 Å². The van der Waals surface area contributed by atoms with Crippen molar-refractivity contribution in [2.24, 2.45) is 0 Å². The second-order valence-electron chi connectivity index (χ2n) is 5.74. The van der Waals surface area contributed by atoms with Crippen LogP contribution in [0.4, 0.5) is 5.82 Å². The maximum absolute atomic E-state index is 12.2. The first-order valence-electron chi connectivity index (χ1n) is 7.68. The van der Waals surface area contributed by atoms with E-state index in [1.54, 1.807) is 18.4 Å². The molecule has 0 unspecified atom stereocenters. The molecule has 3 N–H and O–H groups in total. The molecule has 0 aliphatic carbocycles. The van der Waals surface area contributed by atoms with Crippen molar-refractivity contribution in [1.29, 1.82) is 0 Å². The van der Waals surface area contributed by atoms with Crippen LogP contribution in [-0.4, -0.2) is 20.9 Å². The molecular formula is C17H19N5O2. The van der Waals surface area contributed by atoms with E-state index in [2.05, 4.69) is 29.5 Å². The van der Waals surface area contributed by atoms with Crippen molar-refractivity contribution in [3.8, 4) is 5.69 Å². The topological polar surface area (TPSA) is 99.0 Å². The number of hydrogen-bond acceptors (Lipinski definition) is 5. The van der Waals surface area contributed by atoms with Gasteiger partial charge in [0.05, 0.1) is 18.5 Å². The Labute approximate surface area is 139 Å². The lowest BCUT2D eigenvalue weighted by atomic mass is 10.0. The van der Waals surface area contributed by atoms with Crippen molar-refractivity contribution in [1.82, 2.24) is 20.3 Å². The Morgan fingerprint density at radius 1 is 1.29 bits per heavy atom. The number of aromatic nitrogens is 3. The number of anilines is 1. The Balaban J connectivity index is 1.76. The molecule has 124 valence electrons. The highest BCUT2D eigenvalue weighted by Gasteiger charge is 2.18. The van der Waals surface area contributed by atoms with Gasteiger partial charge < -0.3 is 15.5 Å². The van der Waals surface area contributed by atoms with Crippen molar-refractivity contribution in [3.63, 3.8) is 0 Å². The predicted molar refractivity (Wildman–Crippen MR) is 89.7 cm³/mol. The van der Waals surface area contributed by atoms with Gasteiger partial charge in [-0.05, 0) is 35.7 Å². The van der Waals surface area contributed by atoms with Gasteiger partial charge in [0, 0.05) is 0 Å². The smallest absolute Gasteiger partial charge is 0.276 e. The van der Waals surface area contributed by atoms with Crippen molar-refractivity contribution >= 4 is 11.7 Å². The van der Waals surface area contributed by atoms with Crippen molar-refractivity contribution < 1.29 is 9.21 Å². The van der Waals surface area contributed by atoms with E-state index in [9.17, 15) is 4.79 Å². The molecule has 3 rings (SSSR count). The highest BCUT2D eigenvalue weighted by Crippen LogP contribution is 2.19. The first-order valence-corrected chi connectivity index (χ1v) is 7.68. The number of amides is 1. The molecule has 0 fully saturated rings. The van der Waals surface area contributed by atoms with E-state index in [0.717, 1.165) is 5.69 Å². The van der Waals surface area contributed by atoms with Crippen molar-refractivity contribution in [3.05, 3.63) is 59.7 Å². The second kappa shape index (κ2) is 6.57. The van der Waals surface area contributed by atoms with E-state index < -0.39 is 5.91 Å². The molecule has 0 aliphatic rings. The highest BCUT2D eigenvalue weighted by atomic mass is 16.3. The first kappa shape index (κ1) is 15.8. The van der Waals surface area contributed by atoms with Gasteiger partial charge in [0.1, 0.15) is 5.76 Å². The average Bonchev–Trinajstić information content (AvgIpc) is 3.22. The average molecular weight is 325 g/mol. The van der Waals surface area contributed by atoms with E-state index in [4.69, 9.17) is 10.2 Å². The number of hydrogen-bond donors (Lipinski definition) is 2. The van der Waals surface area contributed by atoms with Gasteiger partial charge in [0.2, 0.25) is 0 Å². The summed E-state index contributed by atoms with van der Waals surface area (Å²) in [5.41, 5.74) is 8.10. The SMILES string of the molecule is CC(C)c1ccc(-n2nnc(C(=O)NCc3ccco3)c2N)cc1. The summed E-state index contributed by atoms with van der Waals surface area (Å²) < 4.78 is 6.62. The van der Waals surface area contributed by atoms with Gasteiger partial charge in [-0.15, -0.1) is 5.10 Å². The Morgan fingerprint density at radius 2 is 2.04 bits per heavy atom. The molecule has 1 aromatic carbocycles. The normalized spacial score (nSPS) is 11.0. The summed E-state index contributed by atoms with van der Waals surface area (Å²) in [6.45, 7) is 4.52. The van der Waals surface area contributed by atoms with Crippen LogP contribution in [0.1, 0.15) is 41.6 Å². The van der Waals surface area contributed by atoms with E-state index in [-0.39, 0.29) is 18.1 Å². The fraction of sp³-hybridized carbons (Fsp3) is 0.235. The van der Waals surface area contributed by atoms with Crippen LogP contribution >= 0.6 is 0 Å². The number of benzene rings is 1. The largest absolute Gasteiger partial charge is 0.467 e. The number of carbonyl (C=O) groups excluding carboxylic acids is 1. The molecule has 7 heteroatoms. The quantitative estimate of drug-likeness (QED) is 0.751. The molecule has 0 bridgehead atoms. The molecule has 0 radical (unpaired) electrons. The van der Waals surface area contributed by atoms with Crippen LogP contribution in [-0.2, 0) is 6.54 Å². The number of nitrogens with one attached hydrogen (secondary N) is 1. The first-order chi connectivity index (χ1) is 11.6. The maximum Gasteiger partial charge on any atom is 0.276 e. The fourth-order valence-electron chi connectivity index (χ4n) is 2.31. The van der Waals surface area contributed by atoms with E-state index in [0.29, 0.717) is 11.7 Å². The molecule has 3 aromatic rings. The minimum Gasteiger partial charge on any atom is -0.467 e. The number of furan rings is 1. The molecule has 0 atom stereocenters. The molecule has 0 spiro atoms. The molecule has 7 nitrogen and oxygen atoms in total. The summed E-state index contributed by atoms with van der Waals surface area (Å²) in [6, 6.07) is 11.4. The second-order valence-corrected chi connectivity index (χ2v) is 5.74. The highest BCUT2D eigenvalue weighted by molar-refractivity contribution is 5.96. The zero-order valence-corrected chi connectivity index (χ0v) is 13.6. The summed E-state index contributed by atoms with van der Waals surface area (Å²) in [5, 5.41) is 10.6. The number of nitrogen functional groups attached to an aromatic ring is 1. The van der Waals surface area contributed by atoms with E-state index in [1.807, 2.05) is 24.3 Å². The van der Waals surface area contributed by atoms with Gasteiger partial charge in [-0.25, -0.2) is 0 Å². The van der Waals surface area contributed by atoms with Crippen LogP contribution in [0.25, 0.3) is 5.69 Å². The fourth-order valence-corrected chi connectivity index (χ4v) is 2.31. The standard InChI is InChI=1S/C17H19N5O2/c1-11(2)12-5-7-13(8-6-12)22-16(18)15(20-21-22)17(23)19-10-14-4-3-9-24-14/h3-9,11H,10,18H2,1-2H3,(H,19,23). The molecular weight excluding hydrogens is 306 g/mol. The maximum atomic E-state index is 12.2. The molecule has 1 amide bonds. The number of carbonyl (C=O) groups is 1. The summed E-state index contributed by atoms with van der Waals surface area (Å²) in [7, 11) is 0. The Morgan fingerprint density at radius 3 is 2.67 bits per heavy atom. The van der Waals surface area contributed by atoms with Gasteiger partial charge in [-0.2, -0.15) is 4.68 Å². The summed E-state index contributed by atoms with van der Waals surface area (Å²) in [5.74, 6) is 0.895. The third-order valence-electron chi connectivity index (χ3n) is 3.73. The van der Waals surface area contributed by atoms with Crippen LogP contribution < -0.4 is 11.1 Å². The lowest BCUT2D eigenvalue weighted by Gasteiger charge is -2.07. The minimum absolute atomic E-state index is 0.0921. The van der Waals surface area contributed by atoms with Crippen LogP contribution in [0.5, 0.6) is 0 Å². The summed E-state index contributed by atoms with van der Waals surface area (Å²) in [6.07, 6.45) is 1.55. The summed E-state index contributed by atoms with van der Waals surface area (Å²) in [4.78, 5) is 12.2. The van der Waals surface area contributed by atoms with Crippen LogP contribution in [0.2, 0.25) is 0 Å². The van der Waals surface area contributed by atoms with Gasteiger partial charge in [-0.1, -0.05) is 31.2 Å². The molecule has 2 aromatic heterocycles. The van der Waals surface area contributed by atoms with Crippen molar-refractivity contribution in [2.75, 3.05) is 5.73 Å². The Bertz CT molecular complexity index is 819. The van der Waals surface area contributed by atoms with Gasteiger partial charge in [-0.3, -0.25) is 4.79 Å². The Kier molecular flexibility index (Phi) is 4.33. The zero-order chi connectivity index (χ0) is 17.1. The predicted octanol–water partition coefficient (Wildman–Crippen LogP) is 2.50. The lowest BCUT2D eigenvalue weighted by Crippen LogP contribution is -2.24. The van der Waals surface area contributed by atoms with Crippen LogP contribution in [0.3, 0.4) is 0 Å². The van der Waals surface area contributed by atoms with Gasteiger partial charge in [0.15, 0.2) is 11.5 Å². The van der Waals surface area contributed by atoms with E-state index >= 15 is 0 Å². The minimum atomic E-state index is -0.394. The van der Waals surface area contributed by atoms with E-state index in [1.165, 1.54) is 10.2 Å². The zero-order valence-electron chi connectivity index (χ0n) is 13.6. The number of nitrogens with two attached hydrogens (primary N) is 1. The Hall–Kier alpha value is -3.09.